The summed E-state index contributed by atoms with van der Waals surface area (Å²) in [7, 11) is 0. The molecule has 0 atom stereocenters. The highest BCUT2D eigenvalue weighted by atomic mass is 19.1. The largest absolute Gasteiger partial charge is 0.370 e. The number of rotatable bonds is 6. The SMILES string of the molecule is CCCNc1cc(C(=O)Nc2c(F)cccc2F)nc(-c2ccccc2)n1. The van der Waals surface area contributed by atoms with Gasteiger partial charge in [0.15, 0.2) is 5.82 Å². The molecule has 0 fully saturated rings. The maximum absolute atomic E-state index is 13.8. The van der Waals surface area contributed by atoms with E-state index < -0.39 is 23.2 Å². The minimum Gasteiger partial charge on any atom is -0.370 e. The van der Waals surface area contributed by atoms with Crippen molar-refractivity contribution >= 4 is 17.4 Å². The third kappa shape index (κ3) is 4.44. The molecule has 0 unspecified atom stereocenters. The van der Waals surface area contributed by atoms with Crippen LogP contribution < -0.4 is 10.6 Å². The maximum Gasteiger partial charge on any atom is 0.274 e. The standard InChI is InChI=1S/C20H18F2N4O/c1-2-11-23-17-12-16(24-19(25-17)13-7-4-3-5-8-13)20(27)26-18-14(21)9-6-10-15(18)22/h3-10,12H,2,11H2,1H3,(H,26,27)(H,23,24,25). The van der Waals surface area contributed by atoms with E-state index in [4.69, 9.17) is 0 Å². The second-order valence-electron chi connectivity index (χ2n) is 5.81. The van der Waals surface area contributed by atoms with Gasteiger partial charge in [-0.15, -0.1) is 0 Å². The van der Waals surface area contributed by atoms with Crippen molar-refractivity contribution < 1.29 is 13.6 Å². The molecule has 7 heteroatoms. The van der Waals surface area contributed by atoms with Crippen molar-refractivity contribution in [3.8, 4) is 11.4 Å². The zero-order valence-electron chi connectivity index (χ0n) is 14.7. The molecule has 1 heterocycles. The Morgan fingerprint density at radius 1 is 1.00 bits per heavy atom. The maximum atomic E-state index is 13.8. The molecular weight excluding hydrogens is 350 g/mol. The molecule has 5 nitrogen and oxygen atoms in total. The van der Waals surface area contributed by atoms with Crippen LogP contribution in [0.1, 0.15) is 23.8 Å². The first kappa shape index (κ1) is 18.4. The minimum atomic E-state index is -0.856. The number of benzene rings is 2. The average Bonchev–Trinajstić information content (AvgIpc) is 2.69. The highest BCUT2D eigenvalue weighted by Gasteiger charge is 2.17. The third-order valence-electron chi connectivity index (χ3n) is 3.75. The van der Waals surface area contributed by atoms with Crippen LogP contribution >= 0.6 is 0 Å². The van der Waals surface area contributed by atoms with Gasteiger partial charge < -0.3 is 10.6 Å². The van der Waals surface area contributed by atoms with Gasteiger partial charge in [-0.05, 0) is 18.6 Å². The summed E-state index contributed by atoms with van der Waals surface area (Å²) in [5.41, 5.74) is 0.222. The molecule has 1 amide bonds. The van der Waals surface area contributed by atoms with Crippen LogP contribution in [-0.2, 0) is 0 Å². The van der Waals surface area contributed by atoms with Crippen molar-refractivity contribution in [3.05, 3.63) is 71.9 Å². The quantitative estimate of drug-likeness (QED) is 0.672. The molecule has 1 aromatic heterocycles. The lowest BCUT2D eigenvalue weighted by Crippen LogP contribution is -2.17. The molecular formula is C20H18F2N4O. The number of para-hydroxylation sites is 1. The molecule has 0 bridgehead atoms. The zero-order chi connectivity index (χ0) is 19.2. The number of nitrogens with one attached hydrogen (secondary N) is 2. The van der Waals surface area contributed by atoms with Crippen LogP contribution in [0, 0.1) is 11.6 Å². The van der Waals surface area contributed by atoms with E-state index in [1.165, 1.54) is 12.1 Å². The summed E-state index contributed by atoms with van der Waals surface area (Å²) in [6, 6.07) is 14.0. The van der Waals surface area contributed by atoms with E-state index >= 15 is 0 Å². The van der Waals surface area contributed by atoms with Crippen LogP contribution in [0.3, 0.4) is 0 Å². The predicted octanol–water partition coefficient (Wildman–Crippen LogP) is 4.50. The van der Waals surface area contributed by atoms with Gasteiger partial charge >= 0.3 is 0 Å². The van der Waals surface area contributed by atoms with Gasteiger partial charge in [0, 0.05) is 18.2 Å². The lowest BCUT2D eigenvalue weighted by molar-refractivity contribution is 0.102. The summed E-state index contributed by atoms with van der Waals surface area (Å²) in [6.45, 7) is 2.66. The van der Waals surface area contributed by atoms with Crippen LogP contribution in [0.15, 0.2) is 54.6 Å². The van der Waals surface area contributed by atoms with Crippen molar-refractivity contribution in [1.29, 1.82) is 0 Å². The van der Waals surface area contributed by atoms with Gasteiger partial charge in [0.1, 0.15) is 28.8 Å². The van der Waals surface area contributed by atoms with E-state index in [2.05, 4.69) is 20.6 Å². The molecule has 2 aromatic carbocycles. The summed E-state index contributed by atoms with van der Waals surface area (Å²) in [5.74, 6) is -1.63. The minimum absolute atomic E-state index is 0.00473. The molecule has 0 aliphatic rings. The Balaban J connectivity index is 1.96. The van der Waals surface area contributed by atoms with Gasteiger partial charge in [0.2, 0.25) is 0 Å². The smallest absolute Gasteiger partial charge is 0.274 e. The molecule has 3 aromatic rings. The Labute approximate surface area is 155 Å². The Hall–Kier alpha value is -3.35. The number of aromatic nitrogens is 2. The summed E-state index contributed by atoms with van der Waals surface area (Å²) < 4.78 is 27.6. The van der Waals surface area contributed by atoms with Crippen LogP contribution in [0.25, 0.3) is 11.4 Å². The Morgan fingerprint density at radius 3 is 2.37 bits per heavy atom. The first-order chi connectivity index (χ1) is 13.1. The average molecular weight is 368 g/mol. The van der Waals surface area contributed by atoms with Gasteiger partial charge in [-0.2, -0.15) is 0 Å². The van der Waals surface area contributed by atoms with Crippen molar-refractivity contribution in [2.45, 2.75) is 13.3 Å². The fourth-order valence-electron chi connectivity index (χ4n) is 2.42. The third-order valence-corrected chi connectivity index (χ3v) is 3.75. The molecule has 0 saturated heterocycles. The van der Waals surface area contributed by atoms with Gasteiger partial charge in [-0.1, -0.05) is 43.3 Å². The highest BCUT2D eigenvalue weighted by Crippen LogP contribution is 2.21. The number of carbonyl (C=O) groups is 1. The van der Waals surface area contributed by atoms with Crippen molar-refractivity contribution in [3.63, 3.8) is 0 Å². The fraction of sp³-hybridized carbons (Fsp3) is 0.150. The lowest BCUT2D eigenvalue weighted by Gasteiger charge is -2.11. The van der Waals surface area contributed by atoms with Crippen LogP contribution in [0.4, 0.5) is 20.3 Å². The first-order valence-corrected chi connectivity index (χ1v) is 8.52. The first-order valence-electron chi connectivity index (χ1n) is 8.52. The van der Waals surface area contributed by atoms with E-state index in [1.807, 2.05) is 37.3 Å². The normalized spacial score (nSPS) is 10.5. The van der Waals surface area contributed by atoms with Gasteiger partial charge in [0.05, 0.1) is 0 Å². The van der Waals surface area contributed by atoms with Crippen LogP contribution in [-0.4, -0.2) is 22.4 Å². The van der Waals surface area contributed by atoms with E-state index in [1.54, 1.807) is 0 Å². The number of carbonyl (C=O) groups excluding carboxylic acids is 1. The molecule has 0 aliphatic heterocycles. The molecule has 3 rings (SSSR count). The second kappa shape index (κ2) is 8.35. The summed E-state index contributed by atoms with van der Waals surface area (Å²) >= 11 is 0. The fourth-order valence-corrected chi connectivity index (χ4v) is 2.42. The lowest BCUT2D eigenvalue weighted by atomic mass is 10.2. The zero-order valence-corrected chi connectivity index (χ0v) is 14.7. The Morgan fingerprint density at radius 2 is 1.70 bits per heavy atom. The molecule has 138 valence electrons. The Kier molecular flexibility index (Phi) is 5.71. The van der Waals surface area contributed by atoms with Crippen molar-refractivity contribution in [2.75, 3.05) is 17.2 Å². The molecule has 0 radical (unpaired) electrons. The molecule has 2 N–H and O–H groups in total. The number of hydrogen-bond donors (Lipinski definition) is 2. The van der Waals surface area contributed by atoms with Crippen molar-refractivity contribution in [2.24, 2.45) is 0 Å². The number of amides is 1. The van der Waals surface area contributed by atoms with Crippen LogP contribution in [0.2, 0.25) is 0 Å². The number of halogens is 2. The number of hydrogen-bond acceptors (Lipinski definition) is 4. The summed E-state index contributed by atoms with van der Waals surface area (Å²) in [5, 5.41) is 5.36. The van der Waals surface area contributed by atoms with E-state index in [9.17, 15) is 13.6 Å². The van der Waals surface area contributed by atoms with Crippen LogP contribution in [0.5, 0.6) is 0 Å². The molecule has 27 heavy (non-hydrogen) atoms. The number of anilines is 2. The topological polar surface area (TPSA) is 66.9 Å². The summed E-state index contributed by atoms with van der Waals surface area (Å²) in [6.07, 6.45) is 0.868. The van der Waals surface area contributed by atoms with Crippen molar-refractivity contribution in [1.82, 2.24) is 9.97 Å². The summed E-state index contributed by atoms with van der Waals surface area (Å²) in [4.78, 5) is 21.2. The highest BCUT2D eigenvalue weighted by molar-refractivity contribution is 6.03. The van der Waals surface area contributed by atoms with E-state index in [0.717, 1.165) is 24.1 Å². The monoisotopic (exact) mass is 368 g/mol. The molecule has 0 aliphatic carbocycles. The van der Waals surface area contributed by atoms with Gasteiger partial charge in [-0.25, -0.2) is 18.7 Å². The van der Waals surface area contributed by atoms with Gasteiger partial charge in [-0.3, -0.25) is 4.79 Å². The predicted molar refractivity (Wildman–Crippen MR) is 101 cm³/mol. The van der Waals surface area contributed by atoms with Gasteiger partial charge in [0.25, 0.3) is 5.91 Å². The van der Waals surface area contributed by atoms with E-state index in [-0.39, 0.29) is 5.69 Å². The Bertz CT molecular complexity index is 928. The van der Waals surface area contributed by atoms with E-state index in [0.29, 0.717) is 18.2 Å². The molecule has 0 saturated carbocycles. The number of nitrogens with zero attached hydrogens (tertiary/aromatic N) is 2. The second-order valence-corrected chi connectivity index (χ2v) is 5.81. The molecule has 0 spiro atoms.